The van der Waals surface area contributed by atoms with Gasteiger partial charge in [0.25, 0.3) is 5.91 Å². The Balaban J connectivity index is 1.75. The Bertz CT molecular complexity index is 551. The second kappa shape index (κ2) is 6.70. The highest BCUT2D eigenvalue weighted by Crippen LogP contribution is 2.08. The number of hydrogen-bond donors (Lipinski definition) is 2. The van der Waals surface area contributed by atoms with Crippen LogP contribution < -0.4 is 10.1 Å². The fourth-order valence-electron chi connectivity index (χ4n) is 1.56. The van der Waals surface area contributed by atoms with Crippen LogP contribution in [-0.4, -0.2) is 34.2 Å². The predicted octanol–water partition coefficient (Wildman–Crippen LogP) is 1.74. The molecule has 6 heteroatoms. The molecule has 0 fully saturated rings. The zero-order valence-corrected chi connectivity index (χ0v) is 11.6. The van der Waals surface area contributed by atoms with Gasteiger partial charge in [-0.3, -0.25) is 9.89 Å². The fourth-order valence-corrected chi connectivity index (χ4v) is 1.56. The summed E-state index contributed by atoms with van der Waals surface area (Å²) in [6.07, 6.45) is 0. The summed E-state index contributed by atoms with van der Waals surface area (Å²) in [6.45, 7) is 4.77. The Morgan fingerprint density at radius 2 is 2.10 bits per heavy atom. The molecule has 0 saturated carbocycles. The molecule has 1 aromatic heterocycles. The van der Waals surface area contributed by atoms with E-state index in [-0.39, 0.29) is 17.6 Å². The number of aromatic nitrogens is 3. The SMILES string of the molecule is CC(C)c1nc(C(=O)NCCOc2ccccc2)n[nH]1. The fraction of sp³-hybridized carbons (Fsp3) is 0.357. The van der Waals surface area contributed by atoms with Gasteiger partial charge in [-0.05, 0) is 12.1 Å². The molecule has 0 spiro atoms. The van der Waals surface area contributed by atoms with Crippen LogP contribution in [0.5, 0.6) is 5.75 Å². The maximum absolute atomic E-state index is 11.8. The molecule has 0 unspecified atom stereocenters. The zero-order valence-electron chi connectivity index (χ0n) is 11.6. The predicted molar refractivity (Wildman–Crippen MR) is 74.7 cm³/mol. The average molecular weight is 274 g/mol. The molecule has 0 radical (unpaired) electrons. The van der Waals surface area contributed by atoms with Gasteiger partial charge in [-0.25, -0.2) is 4.98 Å². The van der Waals surface area contributed by atoms with Crippen LogP contribution in [0.3, 0.4) is 0 Å². The summed E-state index contributed by atoms with van der Waals surface area (Å²) in [5.74, 6) is 1.56. The van der Waals surface area contributed by atoms with Crippen molar-refractivity contribution in [2.45, 2.75) is 19.8 Å². The van der Waals surface area contributed by atoms with Crippen molar-refractivity contribution in [3.63, 3.8) is 0 Å². The number of amides is 1. The normalized spacial score (nSPS) is 10.6. The van der Waals surface area contributed by atoms with Crippen LogP contribution >= 0.6 is 0 Å². The van der Waals surface area contributed by atoms with E-state index in [1.165, 1.54) is 0 Å². The summed E-state index contributed by atoms with van der Waals surface area (Å²) in [5, 5.41) is 9.35. The summed E-state index contributed by atoms with van der Waals surface area (Å²) in [4.78, 5) is 15.9. The van der Waals surface area contributed by atoms with Crippen LogP contribution in [-0.2, 0) is 0 Å². The standard InChI is InChI=1S/C14H18N4O2/c1-10(2)12-16-13(18-17-12)14(19)15-8-9-20-11-6-4-3-5-7-11/h3-7,10H,8-9H2,1-2H3,(H,15,19)(H,16,17,18). The molecule has 2 rings (SSSR count). The lowest BCUT2D eigenvalue weighted by molar-refractivity contribution is 0.0937. The average Bonchev–Trinajstić information content (AvgIpc) is 2.94. The minimum Gasteiger partial charge on any atom is -0.492 e. The molecule has 20 heavy (non-hydrogen) atoms. The summed E-state index contributed by atoms with van der Waals surface area (Å²) in [7, 11) is 0. The molecule has 6 nitrogen and oxygen atoms in total. The second-order valence-corrected chi connectivity index (χ2v) is 4.62. The lowest BCUT2D eigenvalue weighted by atomic mass is 10.2. The molecule has 1 aromatic carbocycles. The van der Waals surface area contributed by atoms with Gasteiger partial charge in [0.1, 0.15) is 18.2 Å². The number of para-hydroxylation sites is 1. The molecule has 0 aliphatic heterocycles. The lowest BCUT2D eigenvalue weighted by Gasteiger charge is -2.06. The van der Waals surface area contributed by atoms with Gasteiger partial charge in [-0.15, -0.1) is 5.10 Å². The van der Waals surface area contributed by atoms with Gasteiger partial charge in [-0.1, -0.05) is 32.0 Å². The van der Waals surface area contributed by atoms with Gasteiger partial charge in [0.05, 0.1) is 6.54 Å². The van der Waals surface area contributed by atoms with Crippen LogP contribution in [0.25, 0.3) is 0 Å². The third-order valence-electron chi connectivity index (χ3n) is 2.65. The van der Waals surface area contributed by atoms with E-state index >= 15 is 0 Å². The quantitative estimate of drug-likeness (QED) is 0.786. The van der Waals surface area contributed by atoms with Crippen molar-refractivity contribution in [3.8, 4) is 5.75 Å². The summed E-state index contributed by atoms with van der Waals surface area (Å²) in [5.41, 5.74) is 0. The molecule has 106 valence electrons. The Morgan fingerprint density at radius 3 is 2.75 bits per heavy atom. The largest absolute Gasteiger partial charge is 0.492 e. The smallest absolute Gasteiger partial charge is 0.291 e. The second-order valence-electron chi connectivity index (χ2n) is 4.62. The Kier molecular flexibility index (Phi) is 4.70. The van der Waals surface area contributed by atoms with Gasteiger partial charge >= 0.3 is 0 Å². The summed E-state index contributed by atoms with van der Waals surface area (Å²) >= 11 is 0. The minimum absolute atomic E-state index is 0.161. The Hall–Kier alpha value is -2.37. The maximum Gasteiger partial charge on any atom is 0.291 e. The molecule has 1 heterocycles. The monoisotopic (exact) mass is 274 g/mol. The van der Waals surface area contributed by atoms with Crippen LogP contribution in [0.2, 0.25) is 0 Å². The highest BCUT2D eigenvalue weighted by molar-refractivity contribution is 5.90. The van der Waals surface area contributed by atoms with Crippen molar-refractivity contribution in [3.05, 3.63) is 42.0 Å². The van der Waals surface area contributed by atoms with E-state index in [1.54, 1.807) is 0 Å². The summed E-state index contributed by atoms with van der Waals surface area (Å²) < 4.78 is 5.47. The molecule has 0 atom stereocenters. The van der Waals surface area contributed by atoms with Crippen LogP contribution in [0.4, 0.5) is 0 Å². The van der Waals surface area contributed by atoms with Gasteiger partial charge < -0.3 is 10.1 Å². The van der Waals surface area contributed by atoms with Crippen LogP contribution in [0.1, 0.15) is 36.2 Å². The highest BCUT2D eigenvalue weighted by atomic mass is 16.5. The van der Waals surface area contributed by atoms with E-state index in [9.17, 15) is 4.79 Å². The van der Waals surface area contributed by atoms with E-state index < -0.39 is 0 Å². The van der Waals surface area contributed by atoms with Crippen molar-refractivity contribution in [2.75, 3.05) is 13.2 Å². The van der Waals surface area contributed by atoms with Crippen molar-refractivity contribution in [1.29, 1.82) is 0 Å². The van der Waals surface area contributed by atoms with Crippen molar-refractivity contribution in [1.82, 2.24) is 20.5 Å². The van der Waals surface area contributed by atoms with Crippen LogP contribution in [0.15, 0.2) is 30.3 Å². The van der Waals surface area contributed by atoms with Gasteiger partial charge in [0.15, 0.2) is 0 Å². The van der Waals surface area contributed by atoms with E-state index in [4.69, 9.17) is 4.74 Å². The number of nitrogens with zero attached hydrogens (tertiary/aromatic N) is 2. The number of carbonyl (C=O) groups excluding carboxylic acids is 1. The van der Waals surface area contributed by atoms with Gasteiger partial charge in [-0.2, -0.15) is 0 Å². The topological polar surface area (TPSA) is 79.9 Å². The van der Waals surface area contributed by atoms with Gasteiger partial charge in [0.2, 0.25) is 5.82 Å². The molecule has 0 bridgehead atoms. The molecular weight excluding hydrogens is 256 g/mol. The number of H-pyrrole nitrogens is 1. The van der Waals surface area contributed by atoms with E-state index in [0.29, 0.717) is 19.0 Å². The number of aromatic amines is 1. The first-order valence-electron chi connectivity index (χ1n) is 6.55. The first-order chi connectivity index (χ1) is 9.66. The molecule has 2 N–H and O–H groups in total. The minimum atomic E-state index is -0.301. The highest BCUT2D eigenvalue weighted by Gasteiger charge is 2.13. The molecule has 2 aromatic rings. The number of hydrogen-bond acceptors (Lipinski definition) is 4. The van der Waals surface area contributed by atoms with E-state index in [0.717, 1.165) is 5.75 Å². The first-order valence-corrected chi connectivity index (χ1v) is 6.55. The number of benzene rings is 1. The van der Waals surface area contributed by atoms with Crippen LogP contribution in [0, 0.1) is 0 Å². The lowest BCUT2D eigenvalue weighted by Crippen LogP contribution is -2.29. The number of ether oxygens (including phenoxy) is 1. The third-order valence-corrected chi connectivity index (χ3v) is 2.65. The van der Waals surface area contributed by atoms with Crippen molar-refractivity contribution < 1.29 is 9.53 Å². The molecule has 0 saturated heterocycles. The zero-order chi connectivity index (χ0) is 14.4. The Labute approximate surface area is 117 Å². The Morgan fingerprint density at radius 1 is 1.35 bits per heavy atom. The maximum atomic E-state index is 11.8. The van der Waals surface area contributed by atoms with Crippen molar-refractivity contribution >= 4 is 5.91 Å². The van der Waals surface area contributed by atoms with E-state index in [1.807, 2.05) is 44.2 Å². The molecule has 0 aliphatic rings. The van der Waals surface area contributed by atoms with Gasteiger partial charge in [0, 0.05) is 5.92 Å². The first kappa shape index (κ1) is 14.0. The molecule has 0 aliphatic carbocycles. The molecular formula is C14H18N4O2. The summed E-state index contributed by atoms with van der Waals surface area (Å²) in [6, 6.07) is 9.45. The third kappa shape index (κ3) is 3.81. The number of carbonyl (C=O) groups is 1. The molecule has 1 amide bonds. The van der Waals surface area contributed by atoms with E-state index in [2.05, 4.69) is 20.5 Å². The number of nitrogens with one attached hydrogen (secondary N) is 2. The van der Waals surface area contributed by atoms with Crippen molar-refractivity contribution in [2.24, 2.45) is 0 Å². The number of rotatable bonds is 6.